The normalized spacial score (nSPS) is 14.5. The van der Waals surface area contributed by atoms with Crippen LogP contribution < -0.4 is 10.2 Å². The van der Waals surface area contributed by atoms with Crippen molar-refractivity contribution in [3.8, 4) is 0 Å². The third-order valence-corrected chi connectivity index (χ3v) is 15.6. The van der Waals surface area contributed by atoms with Gasteiger partial charge in [0.15, 0.2) is 0 Å². The molecule has 0 saturated heterocycles. The Labute approximate surface area is 513 Å². The number of nitrogens with one attached hydrogen (secondary N) is 1. The number of aliphatic hydroxyl groups excluding tert-OH is 1. The predicted molar refractivity (Wildman–Crippen MR) is 362 cm³/mol. The highest BCUT2D eigenvalue weighted by molar-refractivity contribution is 7.45. The summed E-state index contributed by atoms with van der Waals surface area (Å²) in [5.41, 5.74) is 0. The number of unbranched alkanes of at least 4 members (excludes halogenated alkanes) is 28. The number of carbonyl (C=O) groups is 1. The lowest BCUT2D eigenvalue weighted by atomic mass is 10.0. The van der Waals surface area contributed by atoms with E-state index in [1.54, 1.807) is 6.08 Å². The van der Waals surface area contributed by atoms with Gasteiger partial charge in [0.25, 0.3) is 7.82 Å². The molecule has 0 spiro atoms. The number of phosphoric acid groups is 1. The first-order valence-corrected chi connectivity index (χ1v) is 35.5. The Morgan fingerprint density at radius 2 is 0.747 bits per heavy atom. The fourth-order valence-electron chi connectivity index (χ4n) is 9.34. The number of carbonyl (C=O) groups excluding carboxylic acids is 1. The minimum absolute atomic E-state index is 0.0154. The van der Waals surface area contributed by atoms with Crippen LogP contribution in [0.3, 0.4) is 0 Å². The summed E-state index contributed by atoms with van der Waals surface area (Å²) in [5.74, 6) is -0.222. The van der Waals surface area contributed by atoms with Gasteiger partial charge in [-0.3, -0.25) is 9.36 Å². The number of hydrogen-bond acceptors (Lipinski definition) is 6. The highest BCUT2D eigenvalue weighted by atomic mass is 31.2. The molecule has 3 atom stereocenters. The van der Waals surface area contributed by atoms with E-state index < -0.39 is 26.6 Å². The van der Waals surface area contributed by atoms with E-state index >= 15 is 0 Å². The summed E-state index contributed by atoms with van der Waals surface area (Å²) in [4.78, 5) is 25.6. The van der Waals surface area contributed by atoms with Crippen molar-refractivity contribution in [2.75, 3.05) is 40.9 Å². The van der Waals surface area contributed by atoms with Crippen molar-refractivity contribution in [2.45, 2.75) is 289 Å². The molecule has 0 aliphatic carbocycles. The van der Waals surface area contributed by atoms with E-state index in [1.165, 1.54) is 148 Å². The van der Waals surface area contributed by atoms with Crippen LogP contribution in [0, 0.1) is 0 Å². The number of likely N-dealkylation sites (N-methyl/N-ethyl adjacent to an activating group) is 1. The number of phosphoric ester groups is 1. The zero-order valence-electron chi connectivity index (χ0n) is 54.4. The van der Waals surface area contributed by atoms with Crippen molar-refractivity contribution in [2.24, 2.45) is 0 Å². The van der Waals surface area contributed by atoms with Crippen molar-refractivity contribution >= 4 is 13.7 Å². The molecule has 0 fully saturated rings. The molecular formula is C74H129N2O6P. The summed E-state index contributed by atoms with van der Waals surface area (Å²) in [6, 6.07) is -0.921. The van der Waals surface area contributed by atoms with Crippen LogP contribution in [0.2, 0.25) is 0 Å². The van der Waals surface area contributed by atoms with E-state index in [1.807, 2.05) is 27.2 Å². The molecule has 0 radical (unpaired) electrons. The van der Waals surface area contributed by atoms with Crippen LogP contribution in [-0.4, -0.2) is 68.5 Å². The van der Waals surface area contributed by atoms with Gasteiger partial charge >= 0.3 is 0 Å². The van der Waals surface area contributed by atoms with Crippen LogP contribution in [0.25, 0.3) is 0 Å². The van der Waals surface area contributed by atoms with Gasteiger partial charge in [0.1, 0.15) is 13.2 Å². The minimum atomic E-state index is -4.62. The van der Waals surface area contributed by atoms with Gasteiger partial charge in [-0.15, -0.1) is 0 Å². The molecule has 8 nitrogen and oxygen atoms in total. The molecule has 0 bridgehead atoms. The highest BCUT2D eigenvalue weighted by Crippen LogP contribution is 2.38. The molecule has 2 N–H and O–H groups in total. The van der Waals surface area contributed by atoms with Crippen LogP contribution >= 0.6 is 7.82 Å². The molecule has 0 aromatic heterocycles. The molecule has 0 heterocycles. The van der Waals surface area contributed by atoms with Crippen LogP contribution in [0.15, 0.2) is 134 Å². The maximum absolute atomic E-state index is 13.0. The standard InChI is InChI=1S/C74H129N2O6P/c1-6-8-10-12-14-16-18-20-22-24-26-28-30-32-34-35-36-37-38-39-40-41-42-44-46-48-50-52-54-56-58-60-62-64-66-68-74(78)75-72(71-82-83(79,80)81-70-69-76(3,4)5)73(77)67-65-63-61-59-57-55-53-51-49-47-45-43-33-31-29-27-25-23-21-19-17-15-13-11-9-7-2/h8,10,14,16,20,22,26,28,32,34,36-37,39-40,42,44,48,50,57,59,65,67,72-73,77H,6-7,9,11-13,15,17-19,21,23-25,27,29-31,33,35,38,41,43,45-47,49,51-56,58,60-64,66,68-71H2,1-5H3,(H-,75,78,79,80)/b10-8-,16-14-,22-20-,28-26-,34-32-,37-36-,40-39-,44-42-,50-48-,59-57+,67-65+. The number of allylic oxidation sites excluding steroid dienone is 21. The minimum Gasteiger partial charge on any atom is -0.756 e. The smallest absolute Gasteiger partial charge is 0.268 e. The number of nitrogens with zero attached hydrogens (tertiary/aromatic N) is 1. The lowest BCUT2D eigenvalue weighted by Crippen LogP contribution is -2.45. The van der Waals surface area contributed by atoms with E-state index in [2.05, 4.69) is 141 Å². The second kappa shape index (κ2) is 63.2. The van der Waals surface area contributed by atoms with Gasteiger partial charge in [0.2, 0.25) is 5.91 Å². The van der Waals surface area contributed by atoms with E-state index in [4.69, 9.17) is 9.05 Å². The van der Waals surface area contributed by atoms with Crippen LogP contribution in [0.1, 0.15) is 277 Å². The zero-order chi connectivity index (χ0) is 60.5. The molecule has 0 aromatic rings. The number of rotatable bonds is 61. The number of quaternary nitrogens is 1. The lowest BCUT2D eigenvalue weighted by Gasteiger charge is -2.29. The molecule has 83 heavy (non-hydrogen) atoms. The maximum atomic E-state index is 13.0. The van der Waals surface area contributed by atoms with Gasteiger partial charge in [-0.05, 0) is 103 Å². The van der Waals surface area contributed by atoms with Gasteiger partial charge in [-0.2, -0.15) is 0 Å². The molecule has 0 rings (SSSR count). The monoisotopic (exact) mass is 1170 g/mol. The molecule has 3 unspecified atom stereocenters. The van der Waals surface area contributed by atoms with E-state index in [9.17, 15) is 19.4 Å². The fourth-order valence-corrected chi connectivity index (χ4v) is 10.1. The second-order valence-electron chi connectivity index (χ2n) is 23.8. The van der Waals surface area contributed by atoms with Crippen LogP contribution in [-0.2, 0) is 18.4 Å². The van der Waals surface area contributed by atoms with E-state index in [-0.39, 0.29) is 12.5 Å². The summed E-state index contributed by atoms with van der Waals surface area (Å²) >= 11 is 0. The third kappa shape index (κ3) is 66.0. The van der Waals surface area contributed by atoms with Gasteiger partial charge in [-0.1, -0.05) is 302 Å². The lowest BCUT2D eigenvalue weighted by molar-refractivity contribution is -0.870. The Balaban J connectivity index is 4.22. The maximum Gasteiger partial charge on any atom is 0.268 e. The molecule has 0 aliphatic rings. The Bertz CT molecular complexity index is 1810. The molecular weight excluding hydrogens is 1040 g/mol. The predicted octanol–water partition coefficient (Wildman–Crippen LogP) is 21.2. The Hall–Kier alpha value is -3.36. The number of aliphatic hydroxyl groups is 1. The van der Waals surface area contributed by atoms with Crippen molar-refractivity contribution in [1.29, 1.82) is 0 Å². The van der Waals surface area contributed by atoms with Gasteiger partial charge in [0, 0.05) is 6.42 Å². The fraction of sp³-hybridized carbons (Fsp3) is 0.689. The average molecular weight is 1170 g/mol. The second-order valence-corrected chi connectivity index (χ2v) is 25.2. The SMILES string of the molecule is CC/C=C\C/C=C\C/C=C\C/C=C\C/C=C\C/C=C\C/C=C\C/C=C\C/C=C\CCCCCCCCCC(=O)NC(COP(=O)([O-])OCC[N+](C)(C)C)C(O)/C=C/CC/C=C/CCCCCCCCCCCCCCCCCCCCCC. The first kappa shape index (κ1) is 79.6. The summed E-state index contributed by atoms with van der Waals surface area (Å²) in [6.07, 6.45) is 95.6. The Kier molecular flexibility index (Phi) is 60.6. The molecule has 0 aliphatic heterocycles. The summed E-state index contributed by atoms with van der Waals surface area (Å²) in [5, 5.41) is 13.9. The van der Waals surface area contributed by atoms with E-state index in [0.29, 0.717) is 17.4 Å². The van der Waals surface area contributed by atoms with Gasteiger partial charge < -0.3 is 28.8 Å². The quantitative estimate of drug-likeness (QED) is 0.0272. The Morgan fingerprint density at radius 1 is 0.434 bits per heavy atom. The molecule has 0 saturated carbocycles. The molecule has 0 aromatic carbocycles. The first-order valence-electron chi connectivity index (χ1n) is 34.0. The van der Waals surface area contributed by atoms with Crippen molar-refractivity contribution < 1.29 is 32.9 Å². The summed E-state index contributed by atoms with van der Waals surface area (Å²) in [7, 11) is 1.22. The van der Waals surface area contributed by atoms with Gasteiger partial charge in [0.05, 0.1) is 39.9 Å². The zero-order valence-corrected chi connectivity index (χ0v) is 55.2. The van der Waals surface area contributed by atoms with Crippen molar-refractivity contribution in [1.82, 2.24) is 5.32 Å². The third-order valence-electron chi connectivity index (χ3n) is 14.6. The van der Waals surface area contributed by atoms with Crippen molar-refractivity contribution in [3.05, 3.63) is 134 Å². The largest absolute Gasteiger partial charge is 0.756 e. The van der Waals surface area contributed by atoms with E-state index in [0.717, 1.165) is 109 Å². The molecule has 1 amide bonds. The van der Waals surface area contributed by atoms with Crippen LogP contribution in [0.5, 0.6) is 0 Å². The average Bonchev–Trinajstić information content (AvgIpc) is 3.49. The number of hydrogen-bond donors (Lipinski definition) is 2. The van der Waals surface area contributed by atoms with Crippen molar-refractivity contribution in [3.63, 3.8) is 0 Å². The molecule has 9 heteroatoms. The topological polar surface area (TPSA) is 108 Å². The van der Waals surface area contributed by atoms with Crippen LogP contribution in [0.4, 0.5) is 0 Å². The summed E-state index contributed by atoms with van der Waals surface area (Å²) < 4.78 is 23.4. The highest BCUT2D eigenvalue weighted by Gasteiger charge is 2.23. The first-order chi connectivity index (χ1) is 40.5. The van der Waals surface area contributed by atoms with Gasteiger partial charge in [-0.25, -0.2) is 0 Å². The molecule has 476 valence electrons. The Morgan fingerprint density at radius 3 is 1.12 bits per heavy atom. The number of amides is 1. The summed E-state index contributed by atoms with van der Waals surface area (Å²) in [6.45, 7) is 4.52.